The van der Waals surface area contributed by atoms with E-state index in [0.29, 0.717) is 6.54 Å². The molecule has 0 aliphatic rings. The van der Waals surface area contributed by atoms with Crippen LogP contribution in [0.2, 0.25) is 5.02 Å². The molecule has 29 heavy (non-hydrogen) atoms. The zero-order valence-corrected chi connectivity index (χ0v) is 19.0. The minimum absolute atomic E-state index is 0. The molecule has 9 heteroatoms. The maximum atomic E-state index is 12.6. The normalized spacial score (nSPS) is 12.1. The van der Waals surface area contributed by atoms with Crippen molar-refractivity contribution < 1.29 is 8.42 Å². The zero-order chi connectivity index (χ0) is 19.3. The lowest BCUT2D eigenvalue weighted by atomic mass is 10.1. The smallest absolute Gasteiger partial charge is 0.240 e. The molecule has 158 valence electrons. The van der Waals surface area contributed by atoms with Gasteiger partial charge in [-0.2, -0.15) is 0 Å². The first-order valence-electron chi connectivity index (χ1n) is 8.75. The van der Waals surface area contributed by atoms with E-state index in [0.717, 1.165) is 28.8 Å². The van der Waals surface area contributed by atoms with E-state index in [1.807, 2.05) is 31.2 Å². The monoisotopic (exact) mass is 475 g/mol. The zero-order valence-electron chi connectivity index (χ0n) is 15.8. The van der Waals surface area contributed by atoms with Gasteiger partial charge in [-0.1, -0.05) is 29.8 Å². The predicted molar refractivity (Wildman–Crippen MR) is 124 cm³/mol. The summed E-state index contributed by atoms with van der Waals surface area (Å²) >= 11 is 5.87. The molecule has 0 saturated carbocycles. The van der Waals surface area contributed by atoms with Gasteiger partial charge in [0.2, 0.25) is 10.0 Å². The molecule has 0 aliphatic heterocycles. The first-order chi connectivity index (χ1) is 12.9. The van der Waals surface area contributed by atoms with Gasteiger partial charge in [0, 0.05) is 35.4 Å². The number of hydrogen-bond donors (Lipinski definition) is 2. The van der Waals surface area contributed by atoms with E-state index in [4.69, 9.17) is 11.6 Å². The Morgan fingerprint density at radius 3 is 2.48 bits per heavy atom. The van der Waals surface area contributed by atoms with Gasteiger partial charge in [-0.05, 0) is 61.2 Å². The van der Waals surface area contributed by atoms with Gasteiger partial charge in [-0.3, -0.25) is 4.98 Å². The van der Waals surface area contributed by atoms with Crippen LogP contribution in [0.4, 0.5) is 0 Å². The van der Waals surface area contributed by atoms with Crippen molar-refractivity contribution in [2.75, 3.05) is 13.1 Å². The third kappa shape index (κ3) is 7.41. The summed E-state index contributed by atoms with van der Waals surface area (Å²) in [6, 6.07) is 14.3. The van der Waals surface area contributed by atoms with Gasteiger partial charge >= 0.3 is 0 Å². The van der Waals surface area contributed by atoms with Crippen molar-refractivity contribution >= 4 is 57.2 Å². The Bertz CT molecular complexity index is 1010. The summed E-state index contributed by atoms with van der Waals surface area (Å²) in [6.07, 6.45) is 4.22. The third-order valence-corrected chi connectivity index (χ3v) is 6.07. The lowest BCUT2D eigenvalue weighted by Crippen LogP contribution is -2.40. The Balaban J connectivity index is 0.00000210. The van der Waals surface area contributed by atoms with E-state index in [1.54, 1.807) is 36.7 Å². The maximum absolute atomic E-state index is 12.6. The standard InChI is InChI=1S/C20H22ClN3O2S.2ClH/c1-15(13-22-10-8-16-2-5-19(21)6-3-16)24-27(25,26)20-7-4-18-14-23-11-9-17(18)12-20;;/h2-7,9,11-12,14-15,22,24H,8,10,13H2,1H3;2*1H. The van der Waals surface area contributed by atoms with Gasteiger partial charge in [-0.15, -0.1) is 24.8 Å². The van der Waals surface area contributed by atoms with Gasteiger partial charge < -0.3 is 5.32 Å². The highest BCUT2D eigenvalue weighted by Gasteiger charge is 2.17. The number of aromatic nitrogens is 1. The van der Waals surface area contributed by atoms with Crippen molar-refractivity contribution in [2.45, 2.75) is 24.3 Å². The van der Waals surface area contributed by atoms with Crippen molar-refractivity contribution in [2.24, 2.45) is 0 Å². The number of nitrogens with one attached hydrogen (secondary N) is 2. The number of rotatable bonds is 8. The minimum Gasteiger partial charge on any atom is -0.315 e. The molecule has 0 saturated heterocycles. The van der Waals surface area contributed by atoms with E-state index >= 15 is 0 Å². The van der Waals surface area contributed by atoms with E-state index in [9.17, 15) is 8.42 Å². The lowest BCUT2D eigenvalue weighted by molar-refractivity contribution is 0.537. The number of pyridine rings is 1. The van der Waals surface area contributed by atoms with Crippen LogP contribution in [-0.4, -0.2) is 32.5 Å². The number of sulfonamides is 1. The van der Waals surface area contributed by atoms with Crippen molar-refractivity contribution in [3.8, 4) is 0 Å². The predicted octanol–water partition coefficient (Wildman–Crippen LogP) is 4.23. The quantitative estimate of drug-likeness (QED) is 0.477. The molecular weight excluding hydrogens is 453 g/mol. The fraction of sp³-hybridized carbons (Fsp3) is 0.250. The molecule has 3 aromatic rings. The van der Waals surface area contributed by atoms with Gasteiger partial charge in [0.1, 0.15) is 0 Å². The number of hydrogen-bond acceptors (Lipinski definition) is 4. The molecule has 0 amide bonds. The van der Waals surface area contributed by atoms with Crippen LogP contribution in [0.1, 0.15) is 12.5 Å². The average molecular weight is 477 g/mol. The van der Waals surface area contributed by atoms with Crippen LogP contribution in [0.15, 0.2) is 65.8 Å². The molecule has 0 aliphatic carbocycles. The summed E-state index contributed by atoms with van der Waals surface area (Å²) in [4.78, 5) is 4.30. The molecule has 0 spiro atoms. The summed E-state index contributed by atoms with van der Waals surface area (Å²) in [6.45, 7) is 3.15. The van der Waals surface area contributed by atoms with Crippen LogP contribution >= 0.6 is 36.4 Å². The fourth-order valence-electron chi connectivity index (χ4n) is 2.81. The molecule has 2 N–H and O–H groups in total. The molecule has 1 unspecified atom stereocenters. The molecule has 2 aromatic carbocycles. The van der Waals surface area contributed by atoms with Crippen molar-refractivity contribution in [1.82, 2.24) is 15.0 Å². The van der Waals surface area contributed by atoms with Crippen LogP contribution in [-0.2, 0) is 16.4 Å². The number of benzene rings is 2. The maximum Gasteiger partial charge on any atom is 0.240 e. The Morgan fingerprint density at radius 1 is 1.03 bits per heavy atom. The average Bonchev–Trinajstić information content (AvgIpc) is 2.66. The molecule has 1 heterocycles. The lowest BCUT2D eigenvalue weighted by Gasteiger charge is -2.15. The number of halogens is 3. The summed E-state index contributed by atoms with van der Waals surface area (Å²) < 4.78 is 27.9. The Morgan fingerprint density at radius 2 is 1.76 bits per heavy atom. The summed E-state index contributed by atoms with van der Waals surface area (Å²) in [5, 5.41) is 5.76. The van der Waals surface area contributed by atoms with Gasteiger partial charge in [0.25, 0.3) is 0 Å². The number of nitrogens with zero attached hydrogens (tertiary/aromatic N) is 1. The van der Waals surface area contributed by atoms with E-state index in [1.165, 1.54) is 5.56 Å². The second-order valence-corrected chi connectivity index (χ2v) is 8.64. The van der Waals surface area contributed by atoms with Crippen LogP contribution in [0, 0.1) is 0 Å². The van der Waals surface area contributed by atoms with Crippen molar-refractivity contribution in [3.63, 3.8) is 0 Å². The highest BCUT2D eigenvalue weighted by atomic mass is 35.5. The largest absolute Gasteiger partial charge is 0.315 e. The molecule has 1 aromatic heterocycles. The third-order valence-electron chi connectivity index (χ3n) is 4.23. The molecule has 0 radical (unpaired) electrons. The fourth-order valence-corrected chi connectivity index (χ4v) is 4.21. The molecule has 1 atom stereocenters. The first-order valence-corrected chi connectivity index (χ1v) is 10.6. The highest BCUT2D eigenvalue weighted by Crippen LogP contribution is 2.18. The van der Waals surface area contributed by atoms with E-state index in [-0.39, 0.29) is 35.8 Å². The molecule has 0 bridgehead atoms. The minimum atomic E-state index is -3.57. The van der Waals surface area contributed by atoms with Crippen LogP contribution in [0.5, 0.6) is 0 Å². The molecule has 3 rings (SSSR count). The first kappa shape index (κ1) is 25.6. The summed E-state index contributed by atoms with van der Waals surface area (Å²) in [7, 11) is -3.57. The van der Waals surface area contributed by atoms with Gasteiger partial charge in [-0.25, -0.2) is 13.1 Å². The van der Waals surface area contributed by atoms with E-state index in [2.05, 4.69) is 15.0 Å². The SMILES string of the molecule is CC(CNCCc1ccc(Cl)cc1)NS(=O)(=O)c1ccc2cnccc2c1.Cl.Cl. The Labute approximate surface area is 189 Å². The van der Waals surface area contributed by atoms with Gasteiger partial charge in [0.15, 0.2) is 0 Å². The highest BCUT2D eigenvalue weighted by molar-refractivity contribution is 7.89. The molecule has 0 fully saturated rings. The second-order valence-electron chi connectivity index (χ2n) is 6.49. The summed E-state index contributed by atoms with van der Waals surface area (Å²) in [5.74, 6) is 0. The van der Waals surface area contributed by atoms with Crippen LogP contribution in [0.3, 0.4) is 0 Å². The Hall–Kier alpha value is -1.41. The topological polar surface area (TPSA) is 71.1 Å². The molecular formula is C20H24Cl3N3O2S. The van der Waals surface area contributed by atoms with Crippen molar-refractivity contribution in [1.29, 1.82) is 0 Å². The number of fused-ring (bicyclic) bond motifs is 1. The van der Waals surface area contributed by atoms with E-state index < -0.39 is 10.0 Å². The molecule has 5 nitrogen and oxygen atoms in total. The van der Waals surface area contributed by atoms with Crippen LogP contribution in [0.25, 0.3) is 10.8 Å². The second kappa shape index (κ2) is 11.7. The van der Waals surface area contributed by atoms with Gasteiger partial charge in [0.05, 0.1) is 4.90 Å². The summed E-state index contributed by atoms with van der Waals surface area (Å²) in [5.41, 5.74) is 1.19. The Kier molecular flexibility index (Phi) is 10.3. The van der Waals surface area contributed by atoms with Crippen LogP contribution < -0.4 is 10.0 Å². The van der Waals surface area contributed by atoms with Crippen molar-refractivity contribution in [3.05, 3.63) is 71.5 Å².